The highest BCUT2D eigenvalue weighted by atomic mass is 32.2. The Labute approximate surface area is 223 Å². The Morgan fingerprint density at radius 2 is 1.76 bits per heavy atom. The topological polar surface area (TPSA) is 65.0 Å². The van der Waals surface area contributed by atoms with Gasteiger partial charge in [0.05, 0.1) is 11.3 Å². The van der Waals surface area contributed by atoms with Gasteiger partial charge in [-0.15, -0.1) is 0 Å². The zero-order chi connectivity index (χ0) is 26.4. The van der Waals surface area contributed by atoms with Crippen molar-refractivity contribution in [3.05, 3.63) is 89.5 Å². The molecule has 0 bridgehead atoms. The lowest BCUT2D eigenvalue weighted by molar-refractivity contribution is 0.0948. The third kappa shape index (κ3) is 6.29. The van der Waals surface area contributed by atoms with Crippen LogP contribution in [0.1, 0.15) is 53.5 Å². The first-order valence-corrected chi connectivity index (χ1v) is 13.5. The minimum atomic E-state index is -0.146. The maximum atomic E-state index is 13.5. The van der Waals surface area contributed by atoms with Crippen LogP contribution in [0.25, 0.3) is 0 Å². The predicted molar refractivity (Wildman–Crippen MR) is 152 cm³/mol. The van der Waals surface area contributed by atoms with Gasteiger partial charge in [0, 0.05) is 48.1 Å². The molecular weight excluding hydrogens is 480 g/mol. The van der Waals surface area contributed by atoms with Gasteiger partial charge in [-0.05, 0) is 63.1 Å². The molecule has 3 aromatic rings. The maximum absolute atomic E-state index is 13.5. The Morgan fingerprint density at radius 3 is 2.49 bits per heavy atom. The minimum absolute atomic E-state index is 0.144. The van der Waals surface area contributed by atoms with Gasteiger partial charge in [0.15, 0.2) is 0 Å². The number of fused-ring (bicyclic) bond motifs is 2. The molecule has 0 fully saturated rings. The van der Waals surface area contributed by atoms with Gasteiger partial charge in [-0.3, -0.25) is 24.4 Å². The maximum Gasteiger partial charge on any atom is 0.264 e. The third-order valence-electron chi connectivity index (χ3n) is 6.52. The van der Waals surface area contributed by atoms with Crippen molar-refractivity contribution in [3.63, 3.8) is 0 Å². The molecule has 0 unspecified atom stereocenters. The lowest BCUT2D eigenvalue weighted by atomic mass is 10.1. The van der Waals surface area contributed by atoms with Crippen molar-refractivity contribution in [1.29, 1.82) is 0 Å². The van der Waals surface area contributed by atoms with Crippen LogP contribution in [-0.4, -0.2) is 48.7 Å². The summed E-state index contributed by atoms with van der Waals surface area (Å²) in [7, 11) is 1.67. The van der Waals surface area contributed by atoms with E-state index in [2.05, 4.69) is 53.3 Å². The number of carbonyl (C=O) groups excluding carboxylic acids is 2. The van der Waals surface area contributed by atoms with Crippen LogP contribution in [0, 0.1) is 0 Å². The van der Waals surface area contributed by atoms with Crippen LogP contribution in [0.2, 0.25) is 0 Å². The monoisotopic (exact) mass is 514 g/mol. The van der Waals surface area contributed by atoms with Crippen molar-refractivity contribution in [2.24, 2.45) is 4.99 Å². The Morgan fingerprint density at radius 1 is 1.03 bits per heavy atom. The summed E-state index contributed by atoms with van der Waals surface area (Å²) in [6.07, 6.45) is 0.846. The van der Waals surface area contributed by atoms with Crippen LogP contribution < -0.4 is 10.2 Å². The predicted octanol–water partition coefficient (Wildman–Crippen LogP) is 5.88. The van der Waals surface area contributed by atoms with E-state index in [9.17, 15) is 9.59 Å². The number of amides is 2. The van der Waals surface area contributed by atoms with Crippen molar-refractivity contribution in [2.75, 3.05) is 25.0 Å². The van der Waals surface area contributed by atoms with Crippen molar-refractivity contribution in [1.82, 2.24) is 10.2 Å². The number of anilines is 1. The van der Waals surface area contributed by atoms with E-state index < -0.39 is 0 Å². The normalized spacial score (nSPS) is 13.4. The number of carbonyl (C=O) groups is 2. The molecule has 6 nitrogen and oxygen atoms in total. The highest BCUT2D eigenvalue weighted by Gasteiger charge is 2.29. The van der Waals surface area contributed by atoms with E-state index in [1.807, 2.05) is 49.4 Å². The summed E-state index contributed by atoms with van der Waals surface area (Å²) in [5, 5.41) is 3.06. The number of aliphatic imine (C=N–C) groups is 1. The largest absolute Gasteiger partial charge is 0.352 e. The fourth-order valence-electron chi connectivity index (χ4n) is 4.35. The minimum Gasteiger partial charge on any atom is -0.352 e. The first-order valence-electron chi connectivity index (χ1n) is 12.6. The van der Waals surface area contributed by atoms with E-state index in [4.69, 9.17) is 0 Å². The zero-order valence-electron chi connectivity index (χ0n) is 21.9. The summed E-state index contributed by atoms with van der Waals surface area (Å²) < 4.78 is 0. The van der Waals surface area contributed by atoms with Gasteiger partial charge < -0.3 is 5.32 Å². The Hall–Kier alpha value is -3.42. The molecule has 1 aliphatic heterocycles. The molecule has 0 spiro atoms. The lowest BCUT2D eigenvalue weighted by Gasteiger charge is -2.26. The van der Waals surface area contributed by atoms with Gasteiger partial charge >= 0.3 is 0 Å². The van der Waals surface area contributed by atoms with Gasteiger partial charge in [0.1, 0.15) is 5.84 Å². The molecule has 1 heterocycles. The Balaban J connectivity index is 1.45. The second-order valence-corrected chi connectivity index (χ2v) is 10.4. The molecule has 3 aromatic carbocycles. The number of nitrogens with zero attached hydrogens (tertiary/aromatic N) is 3. The van der Waals surface area contributed by atoms with Crippen LogP contribution in [0.15, 0.2) is 87.6 Å². The quantitative estimate of drug-likeness (QED) is 0.232. The van der Waals surface area contributed by atoms with Gasteiger partial charge in [0.2, 0.25) is 0 Å². The first-order chi connectivity index (χ1) is 17.9. The molecule has 0 aromatic heterocycles. The first kappa shape index (κ1) is 26.6. The van der Waals surface area contributed by atoms with Gasteiger partial charge in [-0.25, -0.2) is 0 Å². The standard InChI is InChI=1S/C30H34N4O2S/c1-21(2)33(20-23-11-6-5-7-12-23)18-10-17-32-29(35)24-15-16-28-26(19-24)34(22(3)31-4)30(36)25-13-8-9-14-27(25)37-28/h5-9,11-16,19,21H,10,17-18,20H2,1-4H3,(H,32,35). The highest BCUT2D eigenvalue weighted by molar-refractivity contribution is 7.99. The number of benzene rings is 3. The van der Waals surface area contributed by atoms with Crippen LogP contribution in [0.5, 0.6) is 0 Å². The smallest absolute Gasteiger partial charge is 0.264 e. The number of hydrogen-bond donors (Lipinski definition) is 1. The summed E-state index contributed by atoms with van der Waals surface area (Å²) >= 11 is 1.53. The lowest BCUT2D eigenvalue weighted by Crippen LogP contribution is -2.36. The van der Waals surface area contributed by atoms with Gasteiger partial charge in [-0.2, -0.15) is 0 Å². The van der Waals surface area contributed by atoms with E-state index >= 15 is 0 Å². The average molecular weight is 515 g/mol. The zero-order valence-corrected chi connectivity index (χ0v) is 22.7. The van der Waals surface area contributed by atoms with Crippen molar-refractivity contribution in [3.8, 4) is 0 Å². The third-order valence-corrected chi connectivity index (χ3v) is 7.66. The fourth-order valence-corrected chi connectivity index (χ4v) is 5.39. The van der Waals surface area contributed by atoms with E-state index in [1.54, 1.807) is 18.0 Å². The highest BCUT2D eigenvalue weighted by Crippen LogP contribution is 2.41. The molecule has 37 heavy (non-hydrogen) atoms. The van der Waals surface area contributed by atoms with Crippen molar-refractivity contribution < 1.29 is 9.59 Å². The molecule has 7 heteroatoms. The number of hydrogen-bond acceptors (Lipinski definition) is 5. The SMILES string of the molecule is CN=C(C)N1C(=O)c2ccccc2Sc2ccc(C(=O)NCCCN(Cc3ccccc3)C(C)C)cc21. The van der Waals surface area contributed by atoms with Crippen LogP contribution in [-0.2, 0) is 6.54 Å². The van der Waals surface area contributed by atoms with Crippen LogP contribution >= 0.6 is 11.8 Å². The summed E-state index contributed by atoms with van der Waals surface area (Å²) in [5.74, 6) is 0.287. The summed E-state index contributed by atoms with van der Waals surface area (Å²) in [5.41, 5.74) is 3.12. The van der Waals surface area contributed by atoms with Gasteiger partial charge in [-0.1, -0.05) is 54.2 Å². The molecule has 2 amide bonds. The average Bonchev–Trinajstić information content (AvgIpc) is 3.03. The molecule has 0 radical (unpaired) electrons. The molecule has 0 saturated heterocycles. The number of rotatable bonds is 8. The van der Waals surface area contributed by atoms with E-state index in [1.165, 1.54) is 17.3 Å². The Kier molecular flexibility index (Phi) is 8.79. The molecule has 4 rings (SSSR count). The van der Waals surface area contributed by atoms with Crippen molar-refractivity contribution >= 4 is 35.1 Å². The summed E-state index contributed by atoms with van der Waals surface area (Å²) in [4.78, 5) is 36.6. The Bertz CT molecular complexity index is 1290. The van der Waals surface area contributed by atoms with E-state index in [0.717, 1.165) is 29.3 Å². The fraction of sp³-hybridized carbons (Fsp3) is 0.300. The summed E-state index contributed by atoms with van der Waals surface area (Å²) in [6, 6.07) is 24.0. The second kappa shape index (κ2) is 12.2. The second-order valence-electron chi connectivity index (χ2n) is 9.35. The molecule has 0 saturated carbocycles. The molecular formula is C30H34N4O2S. The number of nitrogens with one attached hydrogen (secondary N) is 1. The molecule has 0 atom stereocenters. The van der Waals surface area contributed by atoms with E-state index in [0.29, 0.717) is 35.2 Å². The van der Waals surface area contributed by atoms with Crippen molar-refractivity contribution in [2.45, 2.75) is 49.6 Å². The van der Waals surface area contributed by atoms with Crippen LogP contribution in [0.3, 0.4) is 0 Å². The van der Waals surface area contributed by atoms with Crippen LogP contribution in [0.4, 0.5) is 5.69 Å². The van der Waals surface area contributed by atoms with Gasteiger partial charge in [0.25, 0.3) is 11.8 Å². The molecule has 192 valence electrons. The molecule has 1 aliphatic rings. The molecule has 0 aliphatic carbocycles. The molecule has 1 N–H and O–H groups in total. The van der Waals surface area contributed by atoms with E-state index in [-0.39, 0.29) is 11.8 Å². The summed E-state index contributed by atoms with van der Waals surface area (Å²) in [6.45, 7) is 8.55. The number of amidine groups is 1.